The van der Waals surface area contributed by atoms with Gasteiger partial charge in [0.2, 0.25) is 15.9 Å². The number of aliphatic hydroxyl groups excluding tert-OH is 2. The molecule has 202 valence electrons. The minimum Gasteiger partial charge on any atom is -0.392 e. The molecule has 0 bridgehead atoms. The zero-order valence-electron chi connectivity index (χ0n) is 21.6. The van der Waals surface area contributed by atoms with Crippen LogP contribution in [0.4, 0.5) is 5.69 Å². The van der Waals surface area contributed by atoms with Crippen molar-refractivity contribution >= 4 is 21.6 Å². The highest BCUT2D eigenvalue weighted by molar-refractivity contribution is 7.89. The fourth-order valence-electron chi connectivity index (χ4n) is 4.83. The number of carbonyl (C=O) groups excluding carboxylic acids is 1. The summed E-state index contributed by atoms with van der Waals surface area (Å²) in [6.45, 7) is -0.231. The maximum absolute atomic E-state index is 13.4. The third-order valence-corrected chi connectivity index (χ3v) is 8.37. The molecule has 0 saturated carbocycles. The van der Waals surface area contributed by atoms with Crippen molar-refractivity contribution in [3.8, 4) is 0 Å². The number of amides is 1. The lowest BCUT2D eigenvalue weighted by Crippen LogP contribution is -2.41. The monoisotopic (exact) mass is 537 g/mol. The summed E-state index contributed by atoms with van der Waals surface area (Å²) in [5.41, 5.74) is 3.68. The summed E-state index contributed by atoms with van der Waals surface area (Å²) in [7, 11) is -0.0995. The standard InChI is InChI=1S/C29H35N3O5S/c1-32(2)23-12-14-25(15-13-23)38(36,37)30-19-24(33)17-22(16-20-8-4-3-5-9-20)29(35)31-28-26-11-7-6-10-21(26)18-27(28)34/h3-15,22,24,27-28,30,33-34H,16-19H2,1-2H3,(H,31,35)/t22-,24+,27-,28+/m1/s1. The molecule has 1 amide bonds. The van der Waals surface area contributed by atoms with Gasteiger partial charge in [-0.25, -0.2) is 13.1 Å². The number of sulfonamides is 1. The molecular formula is C29H35N3O5S. The molecule has 9 heteroatoms. The molecule has 0 saturated heterocycles. The highest BCUT2D eigenvalue weighted by Crippen LogP contribution is 2.32. The Bertz CT molecular complexity index is 1330. The summed E-state index contributed by atoms with van der Waals surface area (Å²) in [6.07, 6.45) is -0.944. The number of fused-ring (bicyclic) bond motifs is 1. The van der Waals surface area contributed by atoms with Gasteiger partial charge in [0, 0.05) is 38.7 Å². The third kappa shape index (κ3) is 6.79. The van der Waals surface area contributed by atoms with Gasteiger partial charge in [-0.15, -0.1) is 0 Å². The van der Waals surface area contributed by atoms with E-state index in [1.807, 2.05) is 73.6 Å². The van der Waals surface area contributed by atoms with Crippen LogP contribution in [0.2, 0.25) is 0 Å². The van der Waals surface area contributed by atoms with E-state index in [0.717, 1.165) is 22.4 Å². The van der Waals surface area contributed by atoms with E-state index in [2.05, 4.69) is 10.0 Å². The van der Waals surface area contributed by atoms with E-state index in [4.69, 9.17) is 0 Å². The van der Waals surface area contributed by atoms with Crippen molar-refractivity contribution in [1.29, 1.82) is 0 Å². The highest BCUT2D eigenvalue weighted by atomic mass is 32.2. The second-order valence-electron chi connectivity index (χ2n) is 9.97. The molecule has 1 aliphatic carbocycles. The summed E-state index contributed by atoms with van der Waals surface area (Å²) in [6, 6.07) is 23.0. The number of carbonyl (C=O) groups is 1. The van der Waals surface area contributed by atoms with Gasteiger partial charge in [0.15, 0.2) is 0 Å². The predicted molar refractivity (Wildman–Crippen MR) is 147 cm³/mol. The van der Waals surface area contributed by atoms with Gasteiger partial charge < -0.3 is 20.4 Å². The van der Waals surface area contributed by atoms with Gasteiger partial charge in [0.05, 0.1) is 23.1 Å². The maximum Gasteiger partial charge on any atom is 0.240 e. The number of nitrogens with zero attached hydrogens (tertiary/aromatic N) is 1. The summed E-state index contributed by atoms with van der Waals surface area (Å²) in [4.78, 5) is 15.4. The van der Waals surface area contributed by atoms with E-state index in [1.54, 1.807) is 12.1 Å². The Labute approximate surface area is 224 Å². The Morgan fingerprint density at radius 3 is 2.34 bits per heavy atom. The number of hydrogen-bond acceptors (Lipinski definition) is 6. The zero-order valence-corrected chi connectivity index (χ0v) is 22.4. The largest absolute Gasteiger partial charge is 0.392 e. The van der Waals surface area contributed by atoms with Gasteiger partial charge in [-0.1, -0.05) is 54.6 Å². The fourth-order valence-corrected chi connectivity index (χ4v) is 5.90. The van der Waals surface area contributed by atoms with Gasteiger partial charge >= 0.3 is 0 Å². The van der Waals surface area contributed by atoms with Gasteiger partial charge in [0.25, 0.3) is 0 Å². The molecule has 0 aliphatic heterocycles. The Balaban J connectivity index is 1.43. The molecule has 0 radical (unpaired) electrons. The van der Waals surface area contributed by atoms with Crippen LogP contribution in [0, 0.1) is 5.92 Å². The molecule has 0 fully saturated rings. The third-order valence-electron chi connectivity index (χ3n) is 6.93. The second kappa shape index (κ2) is 12.1. The lowest BCUT2D eigenvalue weighted by Gasteiger charge is -2.24. The first-order valence-corrected chi connectivity index (χ1v) is 14.2. The summed E-state index contributed by atoms with van der Waals surface area (Å²) < 4.78 is 28.0. The van der Waals surface area contributed by atoms with Crippen molar-refractivity contribution in [2.24, 2.45) is 5.92 Å². The van der Waals surface area contributed by atoms with Crippen LogP contribution in [0.25, 0.3) is 0 Å². The Kier molecular flexibility index (Phi) is 8.83. The quantitative estimate of drug-likeness (QED) is 0.298. The van der Waals surface area contributed by atoms with E-state index in [9.17, 15) is 23.4 Å². The van der Waals surface area contributed by atoms with Crippen LogP contribution in [0.3, 0.4) is 0 Å². The van der Waals surface area contributed by atoms with Crippen LogP contribution in [0.1, 0.15) is 29.2 Å². The predicted octanol–water partition coefficient (Wildman–Crippen LogP) is 2.42. The Hall–Kier alpha value is -3.24. The van der Waals surface area contributed by atoms with Crippen LogP contribution >= 0.6 is 0 Å². The average Bonchev–Trinajstić information content (AvgIpc) is 3.22. The van der Waals surface area contributed by atoms with Crippen molar-refractivity contribution in [3.05, 3.63) is 95.6 Å². The van der Waals surface area contributed by atoms with E-state index in [0.29, 0.717) is 12.8 Å². The van der Waals surface area contributed by atoms with Crippen molar-refractivity contribution in [2.75, 3.05) is 25.5 Å². The molecule has 1 aliphatic rings. The lowest BCUT2D eigenvalue weighted by atomic mass is 9.92. The van der Waals surface area contributed by atoms with Crippen LogP contribution in [0.15, 0.2) is 83.8 Å². The molecule has 3 aromatic rings. The SMILES string of the molecule is CN(C)c1ccc(S(=O)(=O)NC[C@@H](O)C[C@@H](Cc2ccccc2)C(=O)N[C@H]2c3ccccc3C[C@H]2O)cc1. The second-order valence-corrected chi connectivity index (χ2v) is 11.7. The van der Waals surface area contributed by atoms with E-state index < -0.39 is 34.2 Å². The maximum atomic E-state index is 13.4. The molecule has 4 rings (SSSR count). The molecule has 4 atom stereocenters. The number of anilines is 1. The molecular weight excluding hydrogens is 502 g/mol. The summed E-state index contributed by atoms with van der Waals surface area (Å²) in [5, 5.41) is 24.4. The van der Waals surface area contributed by atoms with E-state index in [1.165, 1.54) is 12.1 Å². The van der Waals surface area contributed by atoms with Crippen LogP contribution < -0.4 is 14.9 Å². The molecule has 3 aromatic carbocycles. The number of benzene rings is 3. The van der Waals surface area contributed by atoms with Crippen molar-refractivity contribution in [2.45, 2.75) is 42.4 Å². The van der Waals surface area contributed by atoms with Crippen molar-refractivity contribution in [1.82, 2.24) is 10.0 Å². The first kappa shape index (κ1) is 27.8. The number of aliphatic hydroxyl groups is 2. The number of rotatable bonds is 11. The average molecular weight is 538 g/mol. The fraction of sp³-hybridized carbons (Fsp3) is 0.345. The van der Waals surface area contributed by atoms with Crippen molar-refractivity contribution < 1.29 is 23.4 Å². The minimum atomic E-state index is -3.83. The van der Waals surface area contributed by atoms with Crippen LogP contribution in [-0.2, 0) is 27.7 Å². The number of hydrogen-bond donors (Lipinski definition) is 4. The Morgan fingerprint density at radius 2 is 1.66 bits per heavy atom. The first-order valence-electron chi connectivity index (χ1n) is 12.7. The molecule has 8 nitrogen and oxygen atoms in total. The number of nitrogens with one attached hydrogen (secondary N) is 2. The first-order chi connectivity index (χ1) is 18.1. The van der Waals surface area contributed by atoms with Gasteiger partial charge in [-0.05, 0) is 53.8 Å². The zero-order chi connectivity index (χ0) is 27.3. The topological polar surface area (TPSA) is 119 Å². The molecule has 38 heavy (non-hydrogen) atoms. The molecule has 0 spiro atoms. The van der Waals surface area contributed by atoms with Gasteiger partial charge in [-0.2, -0.15) is 0 Å². The normalized spacial score (nSPS) is 18.4. The highest BCUT2D eigenvalue weighted by Gasteiger charge is 2.34. The van der Waals surface area contributed by atoms with Crippen LogP contribution in [-0.4, -0.2) is 57.4 Å². The van der Waals surface area contributed by atoms with E-state index in [-0.39, 0.29) is 23.8 Å². The van der Waals surface area contributed by atoms with Gasteiger partial charge in [-0.3, -0.25) is 4.79 Å². The minimum absolute atomic E-state index is 0.0489. The summed E-state index contributed by atoms with van der Waals surface area (Å²) >= 11 is 0. The molecule has 0 aromatic heterocycles. The van der Waals surface area contributed by atoms with Crippen molar-refractivity contribution in [3.63, 3.8) is 0 Å². The lowest BCUT2D eigenvalue weighted by molar-refractivity contribution is -0.127. The van der Waals surface area contributed by atoms with Crippen LogP contribution in [0.5, 0.6) is 0 Å². The molecule has 4 N–H and O–H groups in total. The molecule has 0 unspecified atom stereocenters. The van der Waals surface area contributed by atoms with E-state index >= 15 is 0 Å². The Morgan fingerprint density at radius 1 is 1.00 bits per heavy atom. The van der Waals surface area contributed by atoms with Gasteiger partial charge in [0.1, 0.15) is 0 Å². The molecule has 0 heterocycles. The smallest absolute Gasteiger partial charge is 0.240 e. The summed E-state index contributed by atoms with van der Waals surface area (Å²) in [5.74, 6) is -0.924.